The highest BCUT2D eigenvalue weighted by atomic mass is 79.9. The van der Waals surface area contributed by atoms with Crippen LogP contribution in [-0.4, -0.2) is 7.11 Å². The second-order valence-corrected chi connectivity index (χ2v) is 5.67. The molecule has 0 amide bonds. The standard InChI is InChI=1S/C15H12BrCl2FO2/c1-20-14-6-11(17)5-10(7-16)15(14)21-8-9-2-3-13(19)12(18)4-9/h2-6H,7-8H2,1H3. The van der Waals surface area contributed by atoms with Crippen molar-refractivity contribution in [2.24, 2.45) is 0 Å². The first-order valence-corrected chi connectivity index (χ1v) is 7.92. The molecule has 0 saturated carbocycles. The summed E-state index contributed by atoms with van der Waals surface area (Å²) in [4.78, 5) is 0. The predicted octanol–water partition coefficient (Wildman–Crippen LogP) is 5.62. The van der Waals surface area contributed by atoms with Crippen LogP contribution in [0.4, 0.5) is 4.39 Å². The van der Waals surface area contributed by atoms with Crippen LogP contribution in [0.25, 0.3) is 0 Å². The normalized spacial score (nSPS) is 10.5. The van der Waals surface area contributed by atoms with Gasteiger partial charge < -0.3 is 9.47 Å². The molecular formula is C15H12BrCl2FO2. The Kier molecular flexibility index (Phi) is 5.73. The molecule has 0 atom stereocenters. The van der Waals surface area contributed by atoms with Gasteiger partial charge in [-0.15, -0.1) is 0 Å². The fraction of sp³-hybridized carbons (Fsp3) is 0.200. The van der Waals surface area contributed by atoms with Crippen LogP contribution in [0.3, 0.4) is 0 Å². The lowest BCUT2D eigenvalue weighted by atomic mass is 10.2. The first-order valence-electron chi connectivity index (χ1n) is 6.04. The van der Waals surface area contributed by atoms with E-state index in [1.165, 1.54) is 12.1 Å². The third-order valence-corrected chi connectivity index (χ3v) is 3.94. The van der Waals surface area contributed by atoms with Crippen molar-refractivity contribution in [3.8, 4) is 11.5 Å². The average Bonchev–Trinajstić information content (AvgIpc) is 2.48. The van der Waals surface area contributed by atoms with Gasteiger partial charge in [0.15, 0.2) is 11.5 Å². The highest BCUT2D eigenvalue weighted by molar-refractivity contribution is 9.08. The minimum atomic E-state index is -0.453. The number of hydrogen-bond acceptors (Lipinski definition) is 2. The van der Waals surface area contributed by atoms with Crippen molar-refractivity contribution < 1.29 is 13.9 Å². The van der Waals surface area contributed by atoms with Crippen LogP contribution in [0.15, 0.2) is 30.3 Å². The Morgan fingerprint density at radius 2 is 1.95 bits per heavy atom. The van der Waals surface area contributed by atoms with Crippen molar-refractivity contribution in [3.63, 3.8) is 0 Å². The monoisotopic (exact) mass is 392 g/mol. The fourth-order valence-electron chi connectivity index (χ4n) is 1.82. The van der Waals surface area contributed by atoms with Crippen molar-refractivity contribution in [2.75, 3.05) is 7.11 Å². The van der Waals surface area contributed by atoms with Gasteiger partial charge >= 0.3 is 0 Å². The van der Waals surface area contributed by atoms with Crippen LogP contribution >= 0.6 is 39.1 Å². The van der Waals surface area contributed by atoms with Crippen LogP contribution in [0.2, 0.25) is 10.0 Å². The van der Waals surface area contributed by atoms with Crippen molar-refractivity contribution in [2.45, 2.75) is 11.9 Å². The van der Waals surface area contributed by atoms with Crippen molar-refractivity contribution in [3.05, 3.63) is 57.3 Å². The molecule has 0 aliphatic heterocycles. The number of hydrogen-bond donors (Lipinski definition) is 0. The lowest BCUT2D eigenvalue weighted by molar-refractivity contribution is 0.282. The van der Waals surface area contributed by atoms with Gasteiger partial charge in [0.1, 0.15) is 12.4 Å². The second kappa shape index (κ2) is 7.34. The van der Waals surface area contributed by atoms with Crippen LogP contribution in [0.5, 0.6) is 11.5 Å². The number of ether oxygens (including phenoxy) is 2. The zero-order valence-electron chi connectivity index (χ0n) is 11.1. The van der Waals surface area contributed by atoms with E-state index in [4.69, 9.17) is 32.7 Å². The van der Waals surface area contributed by atoms with Crippen LogP contribution in [-0.2, 0) is 11.9 Å². The first kappa shape index (κ1) is 16.4. The molecule has 0 bridgehead atoms. The van der Waals surface area contributed by atoms with E-state index in [0.717, 1.165) is 11.1 Å². The van der Waals surface area contributed by atoms with Gasteiger partial charge in [0.05, 0.1) is 12.1 Å². The fourth-order valence-corrected chi connectivity index (χ4v) is 2.67. The number of halogens is 4. The van der Waals surface area contributed by atoms with Gasteiger partial charge in [-0.25, -0.2) is 4.39 Å². The minimum Gasteiger partial charge on any atom is -0.493 e. The topological polar surface area (TPSA) is 18.5 Å². The predicted molar refractivity (Wildman–Crippen MR) is 86.4 cm³/mol. The van der Waals surface area contributed by atoms with Gasteiger partial charge in [0.2, 0.25) is 0 Å². The van der Waals surface area contributed by atoms with E-state index in [1.54, 1.807) is 25.3 Å². The highest BCUT2D eigenvalue weighted by Gasteiger charge is 2.13. The zero-order chi connectivity index (χ0) is 15.4. The molecular weight excluding hydrogens is 382 g/mol. The molecule has 0 spiro atoms. The van der Waals surface area contributed by atoms with E-state index in [-0.39, 0.29) is 11.6 Å². The Morgan fingerprint density at radius 1 is 1.19 bits per heavy atom. The summed E-state index contributed by atoms with van der Waals surface area (Å²) in [6, 6.07) is 7.95. The molecule has 21 heavy (non-hydrogen) atoms. The van der Waals surface area contributed by atoms with Crippen LogP contribution < -0.4 is 9.47 Å². The van der Waals surface area contributed by atoms with E-state index < -0.39 is 5.82 Å². The molecule has 0 aromatic heterocycles. The van der Waals surface area contributed by atoms with Gasteiger partial charge in [0, 0.05) is 22.0 Å². The average molecular weight is 394 g/mol. The molecule has 0 aliphatic carbocycles. The quantitative estimate of drug-likeness (QED) is 0.614. The Bertz CT molecular complexity index is 625. The minimum absolute atomic E-state index is 0.0693. The lowest BCUT2D eigenvalue weighted by Crippen LogP contribution is -2.01. The Balaban J connectivity index is 2.24. The molecule has 2 aromatic carbocycles. The summed E-state index contributed by atoms with van der Waals surface area (Å²) in [6.45, 7) is 0.248. The molecule has 2 rings (SSSR count). The Hall–Kier alpha value is -0.970. The van der Waals surface area contributed by atoms with E-state index >= 15 is 0 Å². The summed E-state index contributed by atoms with van der Waals surface area (Å²) in [5.41, 5.74) is 1.63. The van der Waals surface area contributed by atoms with E-state index in [9.17, 15) is 4.39 Å². The first-order chi connectivity index (χ1) is 10.0. The highest BCUT2D eigenvalue weighted by Crippen LogP contribution is 2.36. The van der Waals surface area contributed by atoms with Crippen molar-refractivity contribution >= 4 is 39.1 Å². The molecule has 0 radical (unpaired) electrons. The number of alkyl halides is 1. The zero-order valence-corrected chi connectivity index (χ0v) is 14.2. The molecule has 0 aliphatic rings. The summed E-state index contributed by atoms with van der Waals surface area (Å²) < 4.78 is 24.2. The smallest absolute Gasteiger partial charge is 0.165 e. The molecule has 2 aromatic rings. The summed E-state index contributed by atoms with van der Waals surface area (Å²) in [5, 5.41) is 1.21. The van der Waals surface area contributed by atoms with E-state index in [2.05, 4.69) is 15.9 Å². The molecule has 112 valence electrons. The largest absolute Gasteiger partial charge is 0.493 e. The molecule has 0 heterocycles. The van der Waals surface area contributed by atoms with Crippen LogP contribution in [0.1, 0.15) is 11.1 Å². The molecule has 0 unspecified atom stereocenters. The maximum Gasteiger partial charge on any atom is 0.165 e. The van der Waals surface area contributed by atoms with Gasteiger partial charge in [-0.3, -0.25) is 0 Å². The Labute approximate surface area is 140 Å². The number of methoxy groups -OCH3 is 1. The molecule has 0 saturated heterocycles. The van der Waals surface area contributed by atoms with Crippen LogP contribution in [0, 0.1) is 5.82 Å². The van der Waals surface area contributed by atoms with Gasteiger partial charge in [-0.2, -0.15) is 0 Å². The molecule has 6 heteroatoms. The third kappa shape index (κ3) is 4.02. The molecule has 2 nitrogen and oxygen atoms in total. The molecule has 0 fully saturated rings. The molecule has 0 N–H and O–H groups in total. The summed E-state index contributed by atoms with van der Waals surface area (Å²) in [7, 11) is 1.55. The third-order valence-electron chi connectivity index (χ3n) is 2.83. The van der Waals surface area contributed by atoms with E-state index in [1.807, 2.05) is 0 Å². The van der Waals surface area contributed by atoms with E-state index in [0.29, 0.717) is 21.9 Å². The lowest BCUT2D eigenvalue weighted by Gasteiger charge is -2.15. The van der Waals surface area contributed by atoms with Gasteiger partial charge in [-0.1, -0.05) is 45.2 Å². The van der Waals surface area contributed by atoms with Crippen molar-refractivity contribution in [1.82, 2.24) is 0 Å². The maximum absolute atomic E-state index is 13.1. The van der Waals surface area contributed by atoms with Gasteiger partial charge in [0.25, 0.3) is 0 Å². The second-order valence-electron chi connectivity index (χ2n) is 4.27. The number of benzene rings is 2. The van der Waals surface area contributed by atoms with Crippen molar-refractivity contribution in [1.29, 1.82) is 0 Å². The van der Waals surface area contributed by atoms with Gasteiger partial charge in [-0.05, 0) is 23.8 Å². The summed E-state index contributed by atoms with van der Waals surface area (Å²) in [6.07, 6.45) is 0. The summed E-state index contributed by atoms with van der Waals surface area (Å²) in [5.74, 6) is 0.690. The maximum atomic E-state index is 13.1. The Morgan fingerprint density at radius 3 is 2.57 bits per heavy atom. The SMILES string of the molecule is COc1cc(Cl)cc(CBr)c1OCc1ccc(F)c(Cl)c1. The summed E-state index contributed by atoms with van der Waals surface area (Å²) >= 11 is 15.2. The number of rotatable bonds is 5.